The second kappa shape index (κ2) is 12.1. The van der Waals surface area contributed by atoms with Gasteiger partial charge in [0.25, 0.3) is 0 Å². The third kappa shape index (κ3) is 5.88. The average molecular weight is 633 g/mol. The molecule has 2 aromatic heterocycles. The van der Waals surface area contributed by atoms with Gasteiger partial charge in [-0.3, -0.25) is 4.79 Å². The van der Waals surface area contributed by atoms with Gasteiger partial charge >= 0.3 is 5.97 Å². The summed E-state index contributed by atoms with van der Waals surface area (Å²) in [6.45, 7) is 3.29. The summed E-state index contributed by atoms with van der Waals surface area (Å²) in [5.41, 5.74) is 4.76. The second-order valence-electron chi connectivity index (χ2n) is 12.2. The molecule has 3 aliphatic rings. The Morgan fingerprint density at radius 2 is 1.93 bits per heavy atom. The molecular weight excluding hydrogens is 592 g/mol. The van der Waals surface area contributed by atoms with E-state index in [1.165, 1.54) is 0 Å². The first-order chi connectivity index (χ1) is 21.2. The van der Waals surface area contributed by atoms with Crippen molar-refractivity contribution < 1.29 is 23.1 Å². The molecule has 0 bridgehead atoms. The van der Waals surface area contributed by atoms with Gasteiger partial charge in [0, 0.05) is 44.8 Å². The molecular formula is C33H40N6O5S. The molecule has 1 N–H and O–H groups in total. The number of benzene rings is 2. The number of nitrogens with zero attached hydrogens (tertiary/aromatic N) is 6. The first-order valence-electron chi connectivity index (χ1n) is 15.2. The van der Waals surface area contributed by atoms with Crippen LogP contribution in [-0.2, 0) is 28.4 Å². The topological polar surface area (TPSA) is 131 Å². The highest BCUT2D eigenvalue weighted by Crippen LogP contribution is 2.39. The van der Waals surface area contributed by atoms with E-state index in [0.717, 1.165) is 66.4 Å². The van der Waals surface area contributed by atoms with Gasteiger partial charge in [0.05, 0.1) is 12.5 Å². The summed E-state index contributed by atoms with van der Waals surface area (Å²) >= 11 is 0. The van der Waals surface area contributed by atoms with E-state index in [2.05, 4.69) is 20.2 Å². The zero-order chi connectivity index (χ0) is 30.6. The third-order valence-corrected chi connectivity index (χ3v) is 10.9. The van der Waals surface area contributed by atoms with Crippen molar-refractivity contribution in [2.45, 2.75) is 82.4 Å². The highest BCUT2D eigenvalue weighted by molar-refractivity contribution is 7.89. The van der Waals surface area contributed by atoms with E-state index in [1.54, 1.807) is 27.3 Å². The first-order valence-corrected chi connectivity index (χ1v) is 16.7. The van der Waals surface area contributed by atoms with Crippen LogP contribution >= 0.6 is 0 Å². The lowest BCUT2D eigenvalue weighted by atomic mass is 9.86. The predicted molar refractivity (Wildman–Crippen MR) is 171 cm³/mol. The Labute approximate surface area is 263 Å². The molecule has 7 rings (SSSR count). The number of aromatic nitrogens is 4. The molecule has 2 atom stereocenters. The zero-order valence-corrected chi connectivity index (χ0v) is 25.7. The molecule has 2 aliphatic heterocycles. The van der Waals surface area contributed by atoms with Gasteiger partial charge in [-0.1, -0.05) is 30.8 Å². The Hall–Kier alpha value is -4.03. The Morgan fingerprint density at radius 3 is 2.71 bits per heavy atom. The molecule has 1 unspecified atom stereocenters. The summed E-state index contributed by atoms with van der Waals surface area (Å²) in [5.74, 6) is -0.248. The van der Waals surface area contributed by atoms with Crippen LogP contribution in [0.5, 0.6) is 5.75 Å². The summed E-state index contributed by atoms with van der Waals surface area (Å²) in [6, 6.07) is 13.0. The summed E-state index contributed by atoms with van der Waals surface area (Å²) in [6.07, 6.45) is 6.57. The summed E-state index contributed by atoms with van der Waals surface area (Å²) < 4.78 is 37.6. The molecule has 4 heterocycles. The monoisotopic (exact) mass is 632 g/mol. The van der Waals surface area contributed by atoms with Crippen molar-refractivity contribution in [2.24, 2.45) is 7.05 Å². The van der Waals surface area contributed by atoms with Crippen LogP contribution < -0.4 is 9.64 Å². The van der Waals surface area contributed by atoms with Crippen LogP contribution in [0.4, 0.5) is 5.82 Å². The smallest absolute Gasteiger partial charge is 0.304 e. The van der Waals surface area contributed by atoms with Gasteiger partial charge in [-0.2, -0.15) is 4.31 Å². The summed E-state index contributed by atoms with van der Waals surface area (Å²) in [4.78, 5) is 19.1. The zero-order valence-electron chi connectivity index (χ0n) is 24.9. The van der Waals surface area contributed by atoms with E-state index in [9.17, 15) is 18.3 Å². The Balaban J connectivity index is 0.00000357. The predicted octanol–water partition coefficient (Wildman–Crippen LogP) is 5.02. The van der Waals surface area contributed by atoms with E-state index in [0.29, 0.717) is 23.6 Å². The van der Waals surface area contributed by atoms with Crippen LogP contribution in [0.2, 0.25) is 0 Å². The lowest BCUT2D eigenvalue weighted by molar-refractivity contribution is -0.137. The minimum Gasteiger partial charge on any atom is -0.488 e. The number of sulfonamides is 1. The minimum absolute atomic E-state index is 0. The lowest BCUT2D eigenvalue weighted by Crippen LogP contribution is -2.45. The molecule has 0 spiro atoms. The standard InChI is InChI=1S/C32H36N6O5S.CH4/c1-20-8-9-21(26(17-30(39)40)22-15-27-31(36(2)35-34-27)28(16-22)43-25-10-11-25)14-23(20)18-37-19-24-6-3-4-13-38(24)32-29(44(37,41)42)7-5-12-33-32;/h5,7-9,12,14-16,24-26H,3-4,6,10-11,13,17-19H2,1-2H3,(H,39,40);1H4/t24-,26?;/m1./s1. The number of carboxylic acid groups (broad SMARTS) is 1. The Kier molecular flexibility index (Phi) is 8.30. The van der Waals surface area contributed by atoms with Gasteiger partial charge in [-0.05, 0) is 85.5 Å². The normalized spacial score (nSPS) is 20.0. The molecule has 0 radical (unpaired) electrons. The quantitative estimate of drug-likeness (QED) is 0.285. The molecule has 12 heteroatoms. The number of aliphatic carboxylic acids is 1. The lowest BCUT2D eigenvalue weighted by Gasteiger charge is -2.36. The van der Waals surface area contributed by atoms with Crippen LogP contribution in [0.1, 0.15) is 74.1 Å². The van der Waals surface area contributed by atoms with Gasteiger partial charge in [-0.25, -0.2) is 18.1 Å². The maximum absolute atomic E-state index is 14.1. The molecule has 11 nitrogen and oxygen atoms in total. The maximum Gasteiger partial charge on any atom is 0.304 e. The molecule has 238 valence electrons. The highest BCUT2D eigenvalue weighted by atomic mass is 32.2. The van der Waals surface area contributed by atoms with Crippen LogP contribution in [0, 0.1) is 6.92 Å². The highest BCUT2D eigenvalue weighted by Gasteiger charge is 2.39. The number of pyridine rings is 1. The largest absolute Gasteiger partial charge is 0.488 e. The fourth-order valence-electron chi connectivity index (χ4n) is 6.59. The Morgan fingerprint density at radius 1 is 1.11 bits per heavy atom. The van der Waals surface area contributed by atoms with Crippen molar-refractivity contribution in [3.05, 3.63) is 70.9 Å². The van der Waals surface area contributed by atoms with Crippen LogP contribution in [0.15, 0.2) is 53.6 Å². The van der Waals surface area contributed by atoms with Crippen LogP contribution in [0.25, 0.3) is 11.0 Å². The third-order valence-electron chi connectivity index (χ3n) is 9.09. The van der Waals surface area contributed by atoms with Crippen LogP contribution in [0.3, 0.4) is 0 Å². The van der Waals surface area contributed by atoms with Gasteiger partial charge in [0.1, 0.15) is 27.5 Å². The molecule has 1 saturated carbocycles. The number of hydrogen-bond donors (Lipinski definition) is 1. The fourth-order valence-corrected chi connectivity index (χ4v) is 8.20. The number of fused-ring (bicyclic) bond motifs is 4. The number of aryl methyl sites for hydroxylation is 2. The maximum atomic E-state index is 14.1. The number of carboxylic acids is 1. The average Bonchev–Trinajstić information content (AvgIpc) is 3.76. The van der Waals surface area contributed by atoms with E-state index < -0.39 is 21.9 Å². The van der Waals surface area contributed by atoms with E-state index in [-0.39, 0.29) is 37.4 Å². The number of piperidine rings is 1. The van der Waals surface area contributed by atoms with Crippen molar-refractivity contribution >= 4 is 32.8 Å². The van der Waals surface area contributed by atoms with E-state index in [1.807, 2.05) is 44.3 Å². The second-order valence-corrected chi connectivity index (χ2v) is 14.1. The van der Waals surface area contributed by atoms with Crippen molar-refractivity contribution in [2.75, 3.05) is 18.0 Å². The molecule has 1 saturated heterocycles. The summed E-state index contributed by atoms with van der Waals surface area (Å²) in [7, 11) is -2.02. The number of ether oxygens (including phenoxy) is 1. The van der Waals surface area contributed by atoms with Crippen molar-refractivity contribution in [1.82, 2.24) is 24.3 Å². The molecule has 4 aromatic rings. The van der Waals surface area contributed by atoms with Gasteiger partial charge in [0.2, 0.25) is 10.0 Å². The van der Waals surface area contributed by atoms with Gasteiger partial charge < -0.3 is 14.7 Å². The molecule has 0 amide bonds. The number of hydrogen-bond acceptors (Lipinski definition) is 8. The van der Waals surface area contributed by atoms with Crippen molar-refractivity contribution in [3.8, 4) is 5.75 Å². The van der Waals surface area contributed by atoms with Crippen LogP contribution in [-0.4, -0.2) is 69.0 Å². The molecule has 2 aromatic carbocycles. The fraction of sp³-hybridized carbons (Fsp3) is 0.455. The van der Waals surface area contributed by atoms with Gasteiger partial charge in [0.15, 0.2) is 0 Å². The van der Waals surface area contributed by atoms with E-state index >= 15 is 0 Å². The number of rotatable bonds is 8. The minimum atomic E-state index is -3.83. The SMILES string of the molecule is C.Cc1ccc(C(CC(=O)O)c2cc(OC3CC3)c3c(c2)nnn3C)cc1CN1C[C@H]2CCCCN2c2ncccc2S1(=O)=O. The Bertz CT molecular complexity index is 1850. The van der Waals surface area contributed by atoms with E-state index in [4.69, 9.17) is 4.74 Å². The molecule has 2 fully saturated rings. The number of anilines is 1. The molecule has 45 heavy (non-hydrogen) atoms. The van der Waals surface area contributed by atoms with Gasteiger partial charge in [-0.15, -0.1) is 5.10 Å². The summed E-state index contributed by atoms with van der Waals surface area (Å²) in [5, 5.41) is 18.5. The first kappa shape index (κ1) is 31.0. The number of carbonyl (C=O) groups is 1. The van der Waals surface area contributed by atoms with Crippen molar-refractivity contribution in [1.29, 1.82) is 0 Å². The molecule has 1 aliphatic carbocycles. The van der Waals surface area contributed by atoms with Crippen molar-refractivity contribution in [3.63, 3.8) is 0 Å².